The van der Waals surface area contributed by atoms with Crippen LogP contribution in [0, 0.1) is 0 Å². The maximum atomic E-state index is 5.51. The number of aromatic nitrogens is 3. The molecule has 0 saturated heterocycles. The van der Waals surface area contributed by atoms with Crippen molar-refractivity contribution in [2.24, 2.45) is 0 Å². The highest BCUT2D eigenvalue weighted by molar-refractivity contribution is 9.10. The third-order valence-electron chi connectivity index (χ3n) is 4.08. The molecule has 0 atom stereocenters. The Morgan fingerprint density at radius 2 is 1.96 bits per heavy atom. The van der Waals surface area contributed by atoms with Crippen molar-refractivity contribution in [3.05, 3.63) is 77.0 Å². The summed E-state index contributed by atoms with van der Waals surface area (Å²) in [6.45, 7) is 2.65. The van der Waals surface area contributed by atoms with Gasteiger partial charge in [-0.05, 0) is 55.0 Å². The van der Waals surface area contributed by atoms with Crippen molar-refractivity contribution >= 4 is 33.2 Å². The molecule has 0 fully saturated rings. The van der Waals surface area contributed by atoms with E-state index in [0.717, 1.165) is 37.8 Å². The average molecular weight is 440 g/mol. The molecule has 0 spiro atoms. The summed E-state index contributed by atoms with van der Waals surface area (Å²) >= 11 is 5.24. The Hall–Kier alpha value is -2.31. The van der Waals surface area contributed by atoms with E-state index < -0.39 is 0 Å². The Kier molecular flexibility index (Phi) is 5.45. The second-order valence-corrected chi connectivity index (χ2v) is 7.85. The Bertz CT molecular complexity index is 1060. The molecule has 0 amide bonds. The Morgan fingerprint density at radius 1 is 1.11 bits per heavy atom. The Labute approximate surface area is 170 Å². The second-order valence-electron chi connectivity index (χ2n) is 5.97. The fourth-order valence-electron chi connectivity index (χ4n) is 2.82. The first kappa shape index (κ1) is 18.1. The predicted molar refractivity (Wildman–Crippen MR) is 113 cm³/mol. The van der Waals surface area contributed by atoms with Gasteiger partial charge in [0.1, 0.15) is 10.8 Å². The molecule has 0 N–H and O–H groups in total. The van der Waals surface area contributed by atoms with Crippen molar-refractivity contribution in [2.45, 2.75) is 17.7 Å². The number of thioether (sulfide) groups is 1. The van der Waals surface area contributed by atoms with Gasteiger partial charge in [0.2, 0.25) is 0 Å². The van der Waals surface area contributed by atoms with Crippen LogP contribution in [0.15, 0.2) is 76.5 Å². The molecule has 0 saturated carbocycles. The second kappa shape index (κ2) is 8.15. The van der Waals surface area contributed by atoms with Crippen LogP contribution >= 0.6 is 27.7 Å². The highest BCUT2D eigenvalue weighted by Gasteiger charge is 2.10. The van der Waals surface area contributed by atoms with Crippen LogP contribution in [0.4, 0.5) is 0 Å². The minimum Gasteiger partial charge on any atom is -0.494 e. The summed E-state index contributed by atoms with van der Waals surface area (Å²) in [6.07, 6.45) is 3.68. The first-order valence-electron chi connectivity index (χ1n) is 8.68. The monoisotopic (exact) mass is 439 g/mol. The van der Waals surface area contributed by atoms with Crippen LogP contribution in [0.25, 0.3) is 16.8 Å². The lowest BCUT2D eigenvalue weighted by molar-refractivity contribution is 0.340. The van der Waals surface area contributed by atoms with E-state index in [9.17, 15) is 0 Å². The van der Waals surface area contributed by atoms with E-state index in [4.69, 9.17) is 9.84 Å². The molecular formula is C21H18BrN3OS. The van der Waals surface area contributed by atoms with E-state index in [1.165, 1.54) is 5.56 Å². The number of nitrogens with zero attached hydrogens (tertiary/aromatic N) is 3. The van der Waals surface area contributed by atoms with Gasteiger partial charge in [-0.25, -0.2) is 9.50 Å². The highest BCUT2D eigenvalue weighted by atomic mass is 79.9. The topological polar surface area (TPSA) is 39.4 Å². The Balaban J connectivity index is 1.59. The van der Waals surface area contributed by atoms with E-state index in [0.29, 0.717) is 6.61 Å². The van der Waals surface area contributed by atoms with E-state index in [1.807, 2.05) is 48.0 Å². The lowest BCUT2D eigenvalue weighted by atomic mass is 10.1. The first-order chi connectivity index (χ1) is 13.2. The van der Waals surface area contributed by atoms with Crippen molar-refractivity contribution in [3.63, 3.8) is 0 Å². The quantitative estimate of drug-likeness (QED) is 0.353. The van der Waals surface area contributed by atoms with Gasteiger partial charge in [0.15, 0.2) is 0 Å². The fourth-order valence-corrected chi connectivity index (χ4v) is 4.18. The molecule has 0 aliphatic rings. The minimum absolute atomic E-state index is 0.665. The van der Waals surface area contributed by atoms with Gasteiger partial charge >= 0.3 is 0 Å². The molecule has 136 valence electrons. The van der Waals surface area contributed by atoms with Gasteiger partial charge in [0, 0.05) is 28.2 Å². The van der Waals surface area contributed by atoms with Crippen LogP contribution in [0.2, 0.25) is 0 Å². The van der Waals surface area contributed by atoms with Gasteiger partial charge in [-0.2, -0.15) is 5.10 Å². The first-order valence-corrected chi connectivity index (χ1v) is 10.5. The number of benzene rings is 2. The maximum Gasteiger partial charge on any atom is 0.122 e. The highest BCUT2D eigenvalue weighted by Crippen LogP contribution is 2.29. The molecule has 0 unspecified atom stereocenters. The molecule has 4 aromatic rings. The van der Waals surface area contributed by atoms with Crippen LogP contribution in [-0.2, 0) is 5.75 Å². The van der Waals surface area contributed by atoms with Crippen molar-refractivity contribution in [1.82, 2.24) is 14.6 Å². The summed E-state index contributed by atoms with van der Waals surface area (Å²) < 4.78 is 8.50. The van der Waals surface area contributed by atoms with E-state index in [1.54, 1.807) is 18.0 Å². The number of fused-ring (bicyclic) bond motifs is 1. The Morgan fingerprint density at radius 3 is 2.74 bits per heavy atom. The molecule has 2 aromatic heterocycles. The molecule has 4 rings (SSSR count). The summed E-state index contributed by atoms with van der Waals surface area (Å²) in [5.41, 5.74) is 4.26. The molecule has 2 aromatic carbocycles. The molecule has 0 aliphatic carbocycles. The number of halogens is 1. The third kappa shape index (κ3) is 4.17. The van der Waals surface area contributed by atoms with Gasteiger partial charge < -0.3 is 4.74 Å². The number of rotatable bonds is 6. The number of hydrogen-bond donors (Lipinski definition) is 0. The summed E-state index contributed by atoms with van der Waals surface area (Å²) in [4.78, 5) is 4.56. The summed E-state index contributed by atoms with van der Waals surface area (Å²) in [6, 6.07) is 18.5. The van der Waals surface area contributed by atoms with Crippen molar-refractivity contribution in [1.29, 1.82) is 0 Å². The fraction of sp³-hybridized carbons (Fsp3) is 0.143. The zero-order valence-electron chi connectivity index (χ0n) is 14.8. The standard InChI is InChI=1S/C21H18BrN3OS/c1-2-26-18-8-6-16(7-9-18)19-13-20-21(23-10-11-25(20)24-19)27-14-15-4-3-5-17(22)12-15/h3-13H,2,14H2,1H3. The smallest absolute Gasteiger partial charge is 0.122 e. The van der Waals surface area contributed by atoms with Crippen molar-refractivity contribution in [3.8, 4) is 17.0 Å². The van der Waals surface area contributed by atoms with Crippen molar-refractivity contribution in [2.75, 3.05) is 6.61 Å². The maximum absolute atomic E-state index is 5.51. The van der Waals surface area contributed by atoms with E-state index in [-0.39, 0.29) is 0 Å². The molecule has 0 aliphatic heterocycles. The predicted octanol–water partition coefficient (Wildman–Crippen LogP) is 5.85. The third-order valence-corrected chi connectivity index (χ3v) is 5.64. The molecular weight excluding hydrogens is 422 g/mol. The molecule has 2 heterocycles. The molecule has 0 bridgehead atoms. The minimum atomic E-state index is 0.665. The van der Waals surface area contributed by atoms with Crippen LogP contribution in [-0.4, -0.2) is 21.2 Å². The molecule has 4 nitrogen and oxygen atoms in total. The molecule has 27 heavy (non-hydrogen) atoms. The van der Waals surface area contributed by atoms with Crippen LogP contribution < -0.4 is 4.74 Å². The lowest BCUT2D eigenvalue weighted by Gasteiger charge is -2.03. The van der Waals surface area contributed by atoms with Gasteiger partial charge in [0.05, 0.1) is 17.8 Å². The summed E-state index contributed by atoms with van der Waals surface area (Å²) in [5.74, 6) is 1.73. The van der Waals surface area contributed by atoms with Crippen LogP contribution in [0.1, 0.15) is 12.5 Å². The zero-order chi connectivity index (χ0) is 18.6. The van der Waals surface area contributed by atoms with Crippen LogP contribution in [0.5, 0.6) is 5.75 Å². The average Bonchev–Trinajstić information content (AvgIpc) is 3.12. The van der Waals surface area contributed by atoms with Gasteiger partial charge in [-0.15, -0.1) is 0 Å². The molecule has 6 heteroatoms. The SMILES string of the molecule is CCOc1ccc(-c2cc3c(SCc4cccc(Br)c4)nccn3n2)cc1. The van der Waals surface area contributed by atoms with Crippen LogP contribution in [0.3, 0.4) is 0 Å². The number of ether oxygens (including phenoxy) is 1. The largest absolute Gasteiger partial charge is 0.494 e. The van der Waals surface area contributed by atoms with E-state index >= 15 is 0 Å². The van der Waals surface area contributed by atoms with Crippen molar-refractivity contribution < 1.29 is 4.74 Å². The summed E-state index contributed by atoms with van der Waals surface area (Å²) in [7, 11) is 0. The van der Waals surface area contributed by atoms with Gasteiger partial charge in [-0.1, -0.05) is 39.8 Å². The van der Waals surface area contributed by atoms with Gasteiger partial charge in [-0.3, -0.25) is 0 Å². The summed E-state index contributed by atoms with van der Waals surface area (Å²) in [5, 5.41) is 5.68. The normalized spacial score (nSPS) is 11.0. The lowest BCUT2D eigenvalue weighted by Crippen LogP contribution is -1.92. The van der Waals surface area contributed by atoms with E-state index in [2.05, 4.69) is 45.2 Å². The van der Waals surface area contributed by atoms with Gasteiger partial charge in [0.25, 0.3) is 0 Å². The zero-order valence-corrected chi connectivity index (χ0v) is 17.2. The number of hydrogen-bond acceptors (Lipinski definition) is 4. The molecule has 0 radical (unpaired) electrons.